The maximum absolute atomic E-state index is 12.5. The zero-order valence-electron chi connectivity index (χ0n) is 8.53. The molecule has 15 heavy (non-hydrogen) atoms. The minimum Gasteiger partial charge on any atom is -0.320 e. The van der Waals surface area contributed by atoms with E-state index in [4.69, 9.17) is 5.73 Å². The lowest BCUT2D eigenvalue weighted by atomic mass is 10.2. The first-order chi connectivity index (χ1) is 7.13. The molecular formula is C10H14FN3O. The van der Waals surface area contributed by atoms with Gasteiger partial charge in [0.15, 0.2) is 0 Å². The summed E-state index contributed by atoms with van der Waals surface area (Å²) in [4.78, 5) is 15.1. The van der Waals surface area contributed by atoms with Gasteiger partial charge in [-0.05, 0) is 18.6 Å². The lowest BCUT2D eigenvalue weighted by Gasteiger charge is -2.10. The minimum atomic E-state index is -0.540. The molecule has 0 spiro atoms. The van der Waals surface area contributed by atoms with E-state index in [1.54, 1.807) is 0 Å². The van der Waals surface area contributed by atoms with Crippen molar-refractivity contribution in [2.75, 3.05) is 5.32 Å². The third-order valence-corrected chi connectivity index (χ3v) is 1.92. The molecule has 0 aromatic carbocycles. The maximum Gasteiger partial charge on any atom is 0.242 e. The smallest absolute Gasteiger partial charge is 0.242 e. The molecule has 0 aliphatic carbocycles. The first-order valence-electron chi connectivity index (χ1n) is 4.81. The van der Waals surface area contributed by atoms with Crippen LogP contribution in [0.3, 0.4) is 0 Å². The largest absolute Gasteiger partial charge is 0.320 e. The number of aromatic nitrogens is 1. The zero-order valence-corrected chi connectivity index (χ0v) is 8.53. The second-order valence-corrected chi connectivity index (χ2v) is 3.25. The number of hydrogen-bond donors (Lipinski definition) is 2. The van der Waals surface area contributed by atoms with Crippen LogP contribution in [-0.2, 0) is 4.79 Å². The van der Waals surface area contributed by atoms with Crippen molar-refractivity contribution < 1.29 is 9.18 Å². The van der Waals surface area contributed by atoms with Gasteiger partial charge in [-0.1, -0.05) is 13.3 Å². The quantitative estimate of drug-likeness (QED) is 0.788. The van der Waals surface area contributed by atoms with Gasteiger partial charge in [0.05, 0.1) is 12.2 Å². The van der Waals surface area contributed by atoms with Crippen LogP contribution in [0.25, 0.3) is 0 Å². The van der Waals surface area contributed by atoms with Crippen LogP contribution < -0.4 is 11.1 Å². The Hall–Kier alpha value is -1.49. The van der Waals surface area contributed by atoms with Gasteiger partial charge in [0, 0.05) is 0 Å². The number of anilines is 1. The molecule has 3 N–H and O–H groups in total. The van der Waals surface area contributed by atoms with Crippen LogP contribution in [0.2, 0.25) is 0 Å². The summed E-state index contributed by atoms with van der Waals surface area (Å²) in [5.41, 5.74) is 5.59. The number of nitrogens with one attached hydrogen (secondary N) is 1. The lowest BCUT2D eigenvalue weighted by Crippen LogP contribution is -2.35. The SMILES string of the molecule is CCC[C@H](N)C(=O)Nc1ccc(F)cn1. The fourth-order valence-electron chi connectivity index (χ4n) is 1.11. The van der Waals surface area contributed by atoms with E-state index < -0.39 is 11.9 Å². The molecular weight excluding hydrogens is 197 g/mol. The van der Waals surface area contributed by atoms with Crippen molar-refractivity contribution >= 4 is 11.7 Å². The summed E-state index contributed by atoms with van der Waals surface area (Å²) in [6, 6.07) is 2.08. The third kappa shape index (κ3) is 3.63. The Morgan fingerprint density at radius 3 is 2.93 bits per heavy atom. The molecule has 0 saturated heterocycles. The Morgan fingerprint density at radius 1 is 1.67 bits per heavy atom. The van der Waals surface area contributed by atoms with E-state index in [2.05, 4.69) is 10.3 Å². The lowest BCUT2D eigenvalue weighted by molar-refractivity contribution is -0.117. The Kier molecular flexibility index (Phi) is 4.17. The number of amides is 1. The van der Waals surface area contributed by atoms with Crippen molar-refractivity contribution in [3.05, 3.63) is 24.1 Å². The molecule has 4 nitrogen and oxygen atoms in total. The number of halogens is 1. The molecule has 1 aromatic rings. The second kappa shape index (κ2) is 5.41. The van der Waals surface area contributed by atoms with Gasteiger partial charge in [-0.15, -0.1) is 0 Å². The molecule has 0 aliphatic rings. The standard InChI is InChI=1S/C10H14FN3O/c1-2-3-8(12)10(15)14-9-5-4-7(11)6-13-9/h4-6,8H,2-3,12H2,1H3,(H,13,14,15)/t8-/m0/s1. The van der Waals surface area contributed by atoms with Gasteiger partial charge in [-0.2, -0.15) is 0 Å². The predicted molar refractivity (Wildman–Crippen MR) is 55.7 cm³/mol. The molecule has 0 saturated carbocycles. The molecule has 0 unspecified atom stereocenters. The third-order valence-electron chi connectivity index (χ3n) is 1.92. The average Bonchev–Trinajstić information content (AvgIpc) is 2.22. The number of nitrogens with zero attached hydrogens (tertiary/aromatic N) is 1. The van der Waals surface area contributed by atoms with Gasteiger partial charge in [0.2, 0.25) is 5.91 Å². The summed E-state index contributed by atoms with van der Waals surface area (Å²) < 4.78 is 12.5. The number of carbonyl (C=O) groups excluding carboxylic acids is 1. The molecule has 1 amide bonds. The maximum atomic E-state index is 12.5. The number of nitrogens with two attached hydrogens (primary N) is 1. The summed E-state index contributed by atoms with van der Waals surface area (Å²) >= 11 is 0. The van der Waals surface area contributed by atoms with Crippen LogP contribution in [0, 0.1) is 5.82 Å². The predicted octanol–water partition coefficient (Wildman–Crippen LogP) is 1.29. The Balaban J connectivity index is 2.54. The van der Waals surface area contributed by atoms with E-state index in [1.807, 2.05) is 6.92 Å². The van der Waals surface area contributed by atoms with E-state index in [1.165, 1.54) is 12.1 Å². The summed E-state index contributed by atoms with van der Waals surface area (Å²) in [6.45, 7) is 1.95. The monoisotopic (exact) mass is 211 g/mol. The van der Waals surface area contributed by atoms with Crippen molar-refractivity contribution in [2.24, 2.45) is 5.73 Å². The molecule has 0 fully saturated rings. The summed E-state index contributed by atoms with van der Waals surface area (Å²) in [7, 11) is 0. The van der Waals surface area contributed by atoms with Crippen LogP contribution in [0.4, 0.5) is 10.2 Å². The summed E-state index contributed by atoms with van der Waals surface area (Å²) in [6.07, 6.45) is 2.50. The van der Waals surface area contributed by atoms with Crippen molar-refractivity contribution in [1.82, 2.24) is 4.98 Å². The van der Waals surface area contributed by atoms with Crippen molar-refractivity contribution in [2.45, 2.75) is 25.8 Å². The van der Waals surface area contributed by atoms with E-state index in [0.717, 1.165) is 12.6 Å². The van der Waals surface area contributed by atoms with E-state index >= 15 is 0 Å². The van der Waals surface area contributed by atoms with E-state index in [0.29, 0.717) is 12.2 Å². The summed E-state index contributed by atoms with van der Waals surface area (Å²) in [5, 5.41) is 2.51. The summed E-state index contributed by atoms with van der Waals surface area (Å²) in [5.74, 6) is -0.422. The highest BCUT2D eigenvalue weighted by atomic mass is 19.1. The molecule has 1 heterocycles. The molecule has 5 heteroatoms. The Morgan fingerprint density at radius 2 is 2.40 bits per heavy atom. The first-order valence-corrected chi connectivity index (χ1v) is 4.81. The van der Waals surface area contributed by atoms with Crippen LogP contribution in [0.1, 0.15) is 19.8 Å². The van der Waals surface area contributed by atoms with Crippen molar-refractivity contribution in [1.29, 1.82) is 0 Å². The topological polar surface area (TPSA) is 68.0 Å². The molecule has 1 atom stereocenters. The van der Waals surface area contributed by atoms with Gasteiger partial charge in [0.25, 0.3) is 0 Å². The van der Waals surface area contributed by atoms with E-state index in [9.17, 15) is 9.18 Å². The first kappa shape index (κ1) is 11.6. The van der Waals surface area contributed by atoms with Gasteiger partial charge in [0.1, 0.15) is 11.6 Å². The fraction of sp³-hybridized carbons (Fsp3) is 0.400. The Labute approximate surface area is 87.7 Å². The van der Waals surface area contributed by atoms with Crippen molar-refractivity contribution in [3.8, 4) is 0 Å². The number of rotatable bonds is 4. The van der Waals surface area contributed by atoms with Crippen LogP contribution >= 0.6 is 0 Å². The number of carbonyl (C=O) groups is 1. The molecule has 82 valence electrons. The molecule has 0 radical (unpaired) electrons. The van der Waals surface area contributed by atoms with Gasteiger partial charge < -0.3 is 11.1 Å². The van der Waals surface area contributed by atoms with Crippen LogP contribution in [0.5, 0.6) is 0 Å². The number of pyridine rings is 1. The highest BCUT2D eigenvalue weighted by Crippen LogP contribution is 2.04. The highest BCUT2D eigenvalue weighted by molar-refractivity contribution is 5.93. The zero-order chi connectivity index (χ0) is 11.3. The highest BCUT2D eigenvalue weighted by Gasteiger charge is 2.12. The Bertz CT molecular complexity index is 326. The minimum absolute atomic E-state index is 0.295. The van der Waals surface area contributed by atoms with Gasteiger partial charge in [-0.3, -0.25) is 4.79 Å². The second-order valence-electron chi connectivity index (χ2n) is 3.25. The van der Waals surface area contributed by atoms with Crippen LogP contribution in [0.15, 0.2) is 18.3 Å². The normalized spacial score (nSPS) is 12.2. The fourth-order valence-corrected chi connectivity index (χ4v) is 1.11. The average molecular weight is 211 g/mol. The molecule has 0 aliphatic heterocycles. The molecule has 0 bridgehead atoms. The molecule has 1 aromatic heterocycles. The van der Waals surface area contributed by atoms with Gasteiger partial charge in [-0.25, -0.2) is 9.37 Å². The van der Waals surface area contributed by atoms with Crippen LogP contribution in [-0.4, -0.2) is 16.9 Å². The van der Waals surface area contributed by atoms with Crippen molar-refractivity contribution in [3.63, 3.8) is 0 Å². The van der Waals surface area contributed by atoms with E-state index in [-0.39, 0.29) is 5.91 Å². The molecule has 1 rings (SSSR count). The van der Waals surface area contributed by atoms with Gasteiger partial charge >= 0.3 is 0 Å². The number of hydrogen-bond acceptors (Lipinski definition) is 3.